The minimum absolute atomic E-state index is 0.254. The van der Waals surface area contributed by atoms with Crippen LogP contribution in [-0.2, 0) is 0 Å². The van der Waals surface area contributed by atoms with E-state index in [0.29, 0.717) is 5.56 Å². The standard InChI is InChI=1S/C17H19F2N/c1-3-10-20-17(13-6-4-12(2)5-7-13)15-9-8-14(18)11-16(15)19/h4-9,11,17,20H,3,10H2,1-2H3. The Labute approximate surface area is 118 Å². The highest BCUT2D eigenvalue weighted by Gasteiger charge is 2.17. The van der Waals surface area contributed by atoms with E-state index >= 15 is 0 Å². The van der Waals surface area contributed by atoms with Gasteiger partial charge in [-0.3, -0.25) is 0 Å². The fourth-order valence-corrected chi connectivity index (χ4v) is 2.19. The zero-order valence-corrected chi connectivity index (χ0v) is 11.8. The third-order valence-electron chi connectivity index (χ3n) is 3.28. The summed E-state index contributed by atoms with van der Waals surface area (Å²) in [6.45, 7) is 4.84. The second kappa shape index (κ2) is 6.62. The Balaban J connectivity index is 2.38. The van der Waals surface area contributed by atoms with E-state index < -0.39 is 11.6 Å². The molecule has 0 bridgehead atoms. The molecule has 0 heterocycles. The van der Waals surface area contributed by atoms with Gasteiger partial charge < -0.3 is 5.32 Å². The molecule has 1 N–H and O–H groups in total. The van der Waals surface area contributed by atoms with Crippen LogP contribution in [0.5, 0.6) is 0 Å². The maximum absolute atomic E-state index is 14.0. The molecule has 1 unspecified atom stereocenters. The zero-order valence-electron chi connectivity index (χ0n) is 11.8. The molecule has 106 valence electrons. The topological polar surface area (TPSA) is 12.0 Å². The molecule has 0 saturated heterocycles. The second-order valence-corrected chi connectivity index (χ2v) is 4.96. The van der Waals surface area contributed by atoms with E-state index in [0.717, 1.165) is 30.2 Å². The summed E-state index contributed by atoms with van der Waals surface area (Å²) in [5, 5.41) is 3.32. The average molecular weight is 275 g/mol. The minimum Gasteiger partial charge on any atom is -0.306 e. The largest absolute Gasteiger partial charge is 0.306 e. The van der Waals surface area contributed by atoms with E-state index in [9.17, 15) is 8.78 Å². The van der Waals surface area contributed by atoms with E-state index in [1.54, 1.807) is 0 Å². The number of halogens is 2. The van der Waals surface area contributed by atoms with Crippen molar-refractivity contribution in [2.45, 2.75) is 26.3 Å². The summed E-state index contributed by atoms with van der Waals surface area (Å²) in [5.41, 5.74) is 2.61. The van der Waals surface area contributed by atoms with Gasteiger partial charge in [0.1, 0.15) is 11.6 Å². The van der Waals surface area contributed by atoms with Gasteiger partial charge in [-0.25, -0.2) is 8.78 Å². The van der Waals surface area contributed by atoms with Gasteiger partial charge in [0.25, 0.3) is 0 Å². The van der Waals surface area contributed by atoms with Crippen LogP contribution in [0.1, 0.15) is 36.1 Å². The van der Waals surface area contributed by atoms with Crippen molar-refractivity contribution >= 4 is 0 Å². The highest BCUT2D eigenvalue weighted by molar-refractivity contribution is 5.34. The smallest absolute Gasteiger partial charge is 0.131 e. The lowest BCUT2D eigenvalue weighted by molar-refractivity contribution is 0.533. The van der Waals surface area contributed by atoms with Crippen LogP contribution in [0.4, 0.5) is 8.78 Å². The van der Waals surface area contributed by atoms with Crippen molar-refractivity contribution in [2.75, 3.05) is 6.54 Å². The Morgan fingerprint density at radius 3 is 2.35 bits per heavy atom. The highest BCUT2D eigenvalue weighted by atomic mass is 19.1. The van der Waals surface area contributed by atoms with Crippen LogP contribution >= 0.6 is 0 Å². The van der Waals surface area contributed by atoms with Gasteiger partial charge in [0.2, 0.25) is 0 Å². The molecule has 2 aromatic rings. The summed E-state index contributed by atoms with van der Waals surface area (Å²) in [4.78, 5) is 0. The third kappa shape index (κ3) is 3.42. The summed E-state index contributed by atoms with van der Waals surface area (Å²) >= 11 is 0. The number of hydrogen-bond donors (Lipinski definition) is 1. The quantitative estimate of drug-likeness (QED) is 0.854. The molecule has 0 spiro atoms. The predicted octanol–water partition coefficient (Wildman–Crippen LogP) is 4.36. The van der Waals surface area contributed by atoms with Crippen LogP contribution in [0.2, 0.25) is 0 Å². The normalized spacial score (nSPS) is 12.4. The predicted molar refractivity (Wildman–Crippen MR) is 77.7 cm³/mol. The fourth-order valence-electron chi connectivity index (χ4n) is 2.19. The number of hydrogen-bond acceptors (Lipinski definition) is 1. The van der Waals surface area contributed by atoms with Crippen molar-refractivity contribution in [1.29, 1.82) is 0 Å². The Hall–Kier alpha value is -1.74. The third-order valence-corrected chi connectivity index (χ3v) is 3.28. The van der Waals surface area contributed by atoms with Gasteiger partial charge in [-0.05, 0) is 31.5 Å². The summed E-state index contributed by atoms with van der Waals surface area (Å²) in [5.74, 6) is -1.07. The monoisotopic (exact) mass is 275 g/mol. The van der Waals surface area contributed by atoms with E-state index in [4.69, 9.17) is 0 Å². The van der Waals surface area contributed by atoms with E-state index in [2.05, 4.69) is 12.2 Å². The molecule has 0 amide bonds. The fraction of sp³-hybridized carbons (Fsp3) is 0.294. The van der Waals surface area contributed by atoms with Gasteiger partial charge in [-0.2, -0.15) is 0 Å². The molecule has 2 aromatic carbocycles. The minimum atomic E-state index is -0.551. The molecular weight excluding hydrogens is 256 g/mol. The molecule has 0 fully saturated rings. The molecule has 0 aromatic heterocycles. The van der Waals surface area contributed by atoms with Crippen molar-refractivity contribution < 1.29 is 8.78 Å². The van der Waals surface area contributed by atoms with E-state index in [1.807, 2.05) is 31.2 Å². The maximum atomic E-state index is 14.0. The molecule has 0 aliphatic heterocycles. The van der Waals surface area contributed by atoms with Crippen LogP contribution < -0.4 is 5.32 Å². The molecular formula is C17H19F2N. The summed E-state index contributed by atoms with van der Waals surface area (Å²) in [7, 11) is 0. The van der Waals surface area contributed by atoms with Gasteiger partial charge >= 0.3 is 0 Å². The first kappa shape index (κ1) is 14.7. The molecule has 0 aliphatic rings. The molecule has 1 nitrogen and oxygen atoms in total. The van der Waals surface area contributed by atoms with Crippen LogP contribution in [0, 0.1) is 18.6 Å². The lowest BCUT2D eigenvalue weighted by Crippen LogP contribution is -2.24. The van der Waals surface area contributed by atoms with Gasteiger partial charge in [0.15, 0.2) is 0 Å². The molecule has 0 radical (unpaired) electrons. The second-order valence-electron chi connectivity index (χ2n) is 4.96. The van der Waals surface area contributed by atoms with Gasteiger partial charge in [-0.15, -0.1) is 0 Å². The molecule has 3 heteroatoms. The summed E-state index contributed by atoms with van der Waals surface area (Å²) < 4.78 is 27.1. The van der Waals surface area contributed by atoms with Crippen molar-refractivity contribution in [2.24, 2.45) is 0 Å². The molecule has 2 rings (SSSR count). The van der Waals surface area contributed by atoms with Crippen molar-refractivity contribution in [1.82, 2.24) is 5.32 Å². The maximum Gasteiger partial charge on any atom is 0.131 e. The SMILES string of the molecule is CCCNC(c1ccc(C)cc1)c1ccc(F)cc1F. The Kier molecular flexibility index (Phi) is 4.85. The van der Waals surface area contributed by atoms with Crippen LogP contribution in [-0.4, -0.2) is 6.54 Å². The molecule has 1 atom stereocenters. The van der Waals surface area contributed by atoms with Crippen molar-refractivity contribution in [3.05, 3.63) is 70.8 Å². The van der Waals surface area contributed by atoms with Crippen molar-refractivity contribution in [3.63, 3.8) is 0 Å². The first-order chi connectivity index (χ1) is 9.61. The van der Waals surface area contributed by atoms with Crippen LogP contribution in [0.15, 0.2) is 42.5 Å². The highest BCUT2D eigenvalue weighted by Crippen LogP contribution is 2.25. The first-order valence-corrected chi connectivity index (χ1v) is 6.86. The number of benzene rings is 2. The molecule has 20 heavy (non-hydrogen) atoms. The van der Waals surface area contributed by atoms with Crippen LogP contribution in [0.3, 0.4) is 0 Å². The molecule has 0 saturated carbocycles. The van der Waals surface area contributed by atoms with Gasteiger partial charge in [-0.1, -0.05) is 42.8 Å². The average Bonchev–Trinajstić information content (AvgIpc) is 2.42. The van der Waals surface area contributed by atoms with Gasteiger partial charge in [0.05, 0.1) is 6.04 Å². The summed E-state index contributed by atoms with van der Waals surface area (Å²) in [6.07, 6.45) is 0.950. The molecule has 0 aliphatic carbocycles. The number of aryl methyl sites for hydroxylation is 1. The van der Waals surface area contributed by atoms with E-state index in [-0.39, 0.29) is 6.04 Å². The zero-order chi connectivity index (χ0) is 14.5. The van der Waals surface area contributed by atoms with Crippen LogP contribution in [0.25, 0.3) is 0 Å². The Bertz CT molecular complexity index is 564. The lowest BCUT2D eigenvalue weighted by Gasteiger charge is -2.20. The number of rotatable bonds is 5. The van der Waals surface area contributed by atoms with E-state index in [1.165, 1.54) is 12.1 Å². The Morgan fingerprint density at radius 1 is 1.05 bits per heavy atom. The van der Waals surface area contributed by atoms with Crippen molar-refractivity contribution in [3.8, 4) is 0 Å². The first-order valence-electron chi connectivity index (χ1n) is 6.86. The lowest BCUT2D eigenvalue weighted by atomic mass is 9.97. The Morgan fingerprint density at radius 2 is 1.75 bits per heavy atom. The number of nitrogens with one attached hydrogen (secondary N) is 1. The summed E-state index contributed by atoms with van der Waals surface area (Å²) in [6, 6.07) is 11.4. The van der Waals surface area contributed by atoms with Gasteiger partial charge in [0, 0.05) is 11.6 Å².